The van der Waals surface area contributed by atoms with Gasteiger partial charge in [0.15, 0.2) is 0 Å². The number of phenols is 1. The number of benzene rings is 2. The number of hydrogen-bond acceptors (Lipinski definition) is 4. The molecule has 0 aliphatic heterocycles. The largest absolute Gasteiger partial charge is 0.507 e. The first-order valence-corrected chi connectivity index (χ1v) is 10.1. The van der Waals surface area contributed by atoms with Gasteiger partial charge in [0, 0.05) is 5.69 Å². The van der Waals surface area contributed by atoms with E-state index in [-0.39, 0.29) is 40.0 Å². The monoisotopic (exact) mass is 413 g/mol. The molecule has 5 nitrogen and oxygen atoms in total. The number of carbonyl (C=O) groups is 2. The van der Waals surface area contributed by atoms with Crippen molar-refractivity contribution in [3.8, 4) is 5.75 Å². The third-order valence-corrected chi connectivity index (χ3v) is 5.94. The van der Waals surface area contributed by atoms with Crippen LogP contribution in [-0.4, -0.2) is 23.6 Å². The van der Waals surface area contributed by atoms with Crippen molar-refractivity contribution in [1.29, 1.82) is 0 Å². The van der Waals surface area contributed by atoms with E-state index in [1.807, 2.05) is 0 Å². The van der Waals surface area contributed by atoms with Crippen LogP contribution in [0.15, 0.2) is 30.3 Å². The Morgan fingerprint density at radius 1 is 1.03 bits per heavy atom. The van der Waals surface area contributed by atoms with Crippen LogP contribution in [0.1, 0.15) is 79.3 Å². The maximum absolute atomic E-state index is 14.3. The second-order valence-electron chi connectivity index (χ2n) is 9.05. The molecule has 0 fully saturated rings. The quantitative estimate of drug-likeness (QED) is 0.666. The van der Waals surface area contributed by atoms with E-state index >= 15 is 0 Å². The first kappa shape index (κ1) is 21.8. The van der Waals surface area contributed by atoms with Gasteiger partial charge in [0.25, 0.3) is 5.91 Å². The van der Waals surface area contributed by atoms with Crippen LogP contribution in [0, 0.1) is 5.82 Å². The number of aromatic hydroxyl groups is 1. The minimum atomic E-state index is -0.788. The molecule has 0 spiro atoms. The minimum absolute atomic E-state index is 0.0939. The van der Waals surface area contributed by atoms with E-state index < -0.39 is 17.7 Å². The number of anilines is 1. The SMILES string of the molecule is CCOC(=O)c1ccc(NC(=O)c2cc3c(cc2O)C(C)(C)CCC3(C)C)cc1F. The molecule has 6 heteroatoms. The van der Waals surface area contributed by atoms with Gasteiger partial charge in [-0.15, -0.1) is 0 Å². The van der Waals surface area contributed by atoms with Crippen molar-refractivity contribution in [2.75, 3.05) is 11.9 Å². The number of rotatable bonds is 4. The highest BCUT2D eigenvalue weighted by molar-refractivity contribution is 6.06. The Morgan fingerprint density at radius 3 is 2.20 bits per heavy atom. The summed E-state index contributed by atoms with van der Waals surface area (Å²) < 4.78 is 19.1. The molecule has 0 saturated heterocycles. The normalized spacial score (nSPS) is 16.5. The molecule has 0 bridgehead atoms. The zero-order valence-corrected chi connectivity index (χ0v) is 18.1. The van der Waals surface area contributed by atoms with E-state index in [4.69, 9.17) is 4.74 Å². The molecule has 160 valence electrons. The van der Waals surface area contributed by atoms with Crippen LogP contribution in [0.3, 0.4) is 0 Å². The van der Waals surface area contributed by atoms with Gasteiger partial charge in [0.05, 0.1) is 17.7 Å². The first-order valence-electron chi connectivity index (χ1n) is 10.1. The maximum atomic E-state index is 14.3. The smallest absolute Gasteiger partial charge is 0.341 e. The number of phenolic OH excluding ortho intramolecular Hbond substituents is 1. The van der Waals surface area contributed by atoms with Gasteiger partial charge in [-0.3, -0.25) is 4.79 Å². The predicted octanol–water partition coefficient (Wildman–Crippen LogP) is 5.31. The summed E-state index contributed by atoms with van der Waals surface area (Å²) >= 11 is 0. The fraction of sp³-hybridized carbons (Fsp3) is 0.417. The summed E-state index contributed by atoms with van der Waals surface area (Å²) in [4.78, 5) is 24.6. The highest BCUT2D eigenvalue weighted by Gasteiger charge is 2.38. The fourth-order valence-corrected chi connectivity index (χ4v) is 3.95. The fourth-order valence-electron chi connectivity index (χ4n) is 3.95. The average Bonchev–Trinajstić information content (AvgIpc) is 2.65. The summed E-state index contributed by atoms with van der Waals surface area (Å²) in [6.45, 7) is 10.3. The Morgan fingerprint density at radius 2 is 1.63 bits per heavy atom. The molecular weight excluding hydrogens is 385 g/mol. The Kier molecular flexibility index (Phi) is 5.63. The Balaban J connectivity index is 1.91. The van der Waals surface area contributed by atoms with Crippen molar-refractivity contribution in [3.63, 3.8) is 0 Å². The van der Waals surface area contributed by atoms with E-state index in [0.29, 0.717) is 0 Å². The first-order chi connectivity index (χ1) is 14.0. The van der Waals surface area contributed by atoms with E-state index in [1.165, 1.54) is 12.1 Å². The summed E-state index contributed by atoms with van der Waals surface area (Å²) in [6, 6.07) is 7.17. The predicted molar refractivity (Wildman–Crippen MR) is 114 cm³/mol. The number of esters is 1. The molecule has 30 heavy (non-hydrogen) atoms. The number of fused-ring (bicyclic) bond motifs is 1. The molecule has 2 aromatic carbocycles. The zero-order valence-electron chi connectivity index (χ0n) is 18.1. The molecule has 0 unspecified atom stereocenters. The van der Waals surface area contributed by atoms with Gasteiger partial charge in [-0.2, -0.15) is 0 Å². The topological polar surface area (TPSA) is 75.6 Å². The molecule has 0 heterocycles. The Labute approximate surface area is 176 Å². The molecule has 0 atom stereocenters. The average molecular weight is 413 g/mol. The van der Waals surface area contributed by atoms with Crippen LogP contribution in [0.5, 0.6) is 5.75 Å². The lowest BCUT2D eigenvalue weighted by atomic mass is 9.63. The van der Waals surface area contributed by atoms with Crippen LogP contribution in [0.25, 0.3) is 0 Å². The molecule has 0 saturated carbocycles. The third kappa shape index (κ3) is 4.04. The van der Waals surface area contributed by atoms with Gasteiger partial charge in [-0.05, 0) is 72.1 Å². The van der Waals surface area contributed by atoms with Gasteiger partial charge < -0.3 is 15.2 Å². The van der Waals surface area contributed by atoms with Crippen molar-refractivity contribution >= 4 is 17.6 Å². The molecule has 1 aliphatic carbocycles. The van der Waals surface area contributed by atoms with Gasteiger partial charge in [0.1, 0.15) is 11.6 Å². The molecule has 3 rings (SSSR count). The summed E-state index contributed by atoms with van der Waals surface area (Å²) in [5.41, 5.74) is 1.97. The second-order valence-corrected chi connectivity index (χ2v) is 9.05. The van der Waals surface area contributed by atoms with E-state index in [9.17, 15) is 19.1 Å². The molecule has 1 aliphatic rings. The van der Waals surface area contributed by atoms with Crippen molar-refractivity contribution in [1.82, 2.24) is 0 Å². The van der Waals surface area contributed by atoms with E-state index in [2.05, 4.69) is 33.0 Å². The number of carbonyl (C=O) groups excluding carboxylic acids is 2. The van der Waals surface area contributed by atoms with Crippen molar-refractivity contribution < 1.29 is 23.8 Å². The Hall–Kier alpha value is -2.89. The maximum Gasteiger partial charge on any atom is 0.341 e. The van der Waals surface area contributed by atoms with Gasteiger partial charge >= 0.3 is 5.97 Å². The number of hydrogen-bond donors (Lipinski definition) is 2. The number of ether oxygens (including phenoxy) is 1. The summed E-state index contributed by atoms with van der Waals surface area (Å²) in [7, 11) is 0. The summed E-state index contributed by atoms with van der Waals surface area (Å²) in [5, 5.41) is 13.2. The van der Waals surface area contributed by atoms with Gasteiger partial charge in [0.2, 0.25) is 0 Å². The summed E-state index contributed by atoms with van der Waals surface area (Å²) in [5.74, 6) is -2.20. The van der Waals surface area contributed by atoms with Crippen LogP contribution in [0.4, 0.5) is 10.1 Å². The molecule has 2 aromatic rings. The van der Waals surface area contributed by atoms with Crippen LogP contribution in [0.2, 0.25) is 0 Å². The molecule has 0 aromatic heterocycles. The molecule has 0 radical (unpaired) electrons. The van der Waals surface area contributed by atoms with Crippen molar-refractivity contribution in [2.24, 2.45) is 0 Å². The molecule has 1 amide bonds. The minimum Gasteiger partial charge on any atom is -0.507 e. The molecule has 2 N–H and O–H groups in total. The number of amides is 1. The zero-order chi connectivity index (χ0) is 22.3. The number of nitrogens with one attached hydrogen (secondary N) is 1. The summed E-state index contributed by atoms with van der Waals surface area (Å²) in [6.07, 6.45) is 1.96. The van der Waals surface area contributed by atoms with Crippen molar-refractivity contribution in [3.05, 3.63) is 58.4 Å². The Bertz CT molecular complexity index is 1010. The number of halogens is 1. The van der Waals surface area contributed by atoms with Crippen molar-refractivity contribution in [2.45, 2.75) is 58.3 Å². The highest BCUT2D eigenvalue weighted by atomic mass is 19.1. The van der Waals surface area contributed by atoms with Gasteiger partial charge in [-0.25, -0.2) is 9.18 Å². The van der Waals surface area contributed by atoms with Gasteiger partial charge in [-0.1, -0.05) is 27.7 Å². The van der Waals surface area contributed by atoms with Crippen LogP contribution >= 0.6 is 0 Å². The third-order valence-electron chi connectivity index (χ3n) is 5.94. The van der Waals surface area contributed by atoms with Crippen LogP contribution < -0.4 is 5.32 Å². The lowest BCUT2D eigenvalue weighted by Crippen LogP contribution is -2.34. The van der Waals surface area contributed by atoms with Crippen LogP contribution in [-0.2, 0) is 15.6 Å². The molecular formula is C24H28FNO4. The lowest BCUT2D eigenvalue weighted by molar-refractivity contribution is 0.0521. The standard InChI is InChI=1S/C24H28FNO4/c1-6-30-22(29)15-8-7-14(11-19(15)25)26-21(28)16-12-17-18(13-20(16)27)24(4,5)10-9-23(17,2)3/h7-8,11-13,27H,6,9-10H2,1-5H3,(H,26,28). The highest BCUT2D eigenvalue weighted by Crippen LogP contribution is 2.47. The van der Waals surface area contributed by atoms with E-state index in [0.717, 1.165) is 30.0 Å². The van der Waals surface area contributed by atoms with E-state index in [1.54, 1.807) is 19.1 Å². The second kappa shape index (κ2) is 7.74. The lowest BCUT2D eigenvalue weighted by Gasteiger charge is -2.42.